The molecule has 2 aromatic carbocycles. The van der Waals surface area contributed by atoms with Gasteiger partial charge < -0.3 is 34.5 Å². The number of aliphatic imine (C=N–C) groups is 1. The molecule has 4 heterocycles. The smallest absolute Gasteiger partial charge is 0.383 e. The van der Waals surface area contributed by atoms with Crippen LogP contribution in [0.15, 0.2) is 45.5 Å². The quantitative estimate of drug-likeness (QED) is 0.296. The molecule has 0 spiro atoms. The van der Waals surface area contributed by atoms with Crippen molar-refractivity contribution in [3.05, 3.63) is 58.3 Å². The van der Waals surface area contributed by atoms with E-state index < -0.39 is 35.6 Å². The minimum atomic E-state index is -4.86. The second-order valence-corrected chi connectivity index (χ2v) is 12.2. The van der Waals surface area contributed by atoms with Crippen LogP contribution in [0.5, 0.6) is 0 Å². The molecule has 3 aliphatic heterocycles. The van der Waals surface area contributed by atoms with E-state index >= 15 is 13.2 Å². The lowest BCUT2D eigenvalue weighted by Gasteiger charge is -2.49. The number of ether oxygens (including phenoxy) is 1. The highest BCUT2D eigenvalue weighted by Gasteiger charge is 2.46. The third kappa shape index (κ3) is 4.77. The molecule has 234 valence electrons. The molecule has 0 bridgehead atoms. The Morgan fingerprint density at radius 3 is 2.52 bits per heavy atom. The molecule has 1 unspecified atom stereocenters. The lowest BCUT2D eigenvalue weighted by atomic mass is 9.91. The SMILES string of the molecule is C=CC(=O)N1[C@H](C)CN(C2=NC(O)N3c4c2cc(C(F)(F)F)c(-c2ccc(F)c5[nH]c(=O)[nH]c25)c4SC[C@@H]3COC)C[C@@H]1C. The number of aromatic nitrogens is 2. The summed E-state index contributed by atoms with van der Waals surface area (Å²) < 4.78 is 65.1. The molecule has 44 heavy (non-hydrogen) atoms. The van der Waals surface area contributed by atoms with Gasteiger partial charge in [-0.1, -0.05) is 6.58 Å². The van der Waals surface area contributed by atoms with Crippen LogP contribution in [0.3, 0.4) is 0 Å². The number of carbonyl (C=O) groups excluding carboxylic acids is 1. The van der Waals surface area contributed by atoms with Crippen LogP contribution in [-0.2, 0) is 15.7 Å². The van der Waals surface area contributed by atoms with Gasteiger partial charge in [-0.2, -0.15) is 13.2 Å². The average Bonchev–Trinajstić information content (AvgIpc) is 3.36. The maximum Gasteiger partial charge on any atom is 0.417 e. The molecule has 6 rings (SSSR count). The van der Waals surface area contributed by atoms with Gasteiger partial charge >= 0.3 is 11.9 Å². The molecule has 3 aromatic rings. The summed E-state index contributed by atoms with van der Waals surface area (Å²) in [7, 11) is 1.49. The van der Waals surface area contributed by atoms with Crippen molar-refractivity contribution in [3.63, 3.8) is 0 Å². The molecule has 15 heteroatoms. The van der Waals surface area contributed by atoms with E-state index in [1.54, 1.807) is 14.7 Å². The van der Waals surface area contributed by atoms with E-state index in [1.165, 1.54) is 31.0 Å². The van der Waals surface area contributed by atoms with Crippen molar-refractivity contribution in [1.29, 1.82) is 0 Å². The van der Waals surface area contributed by atoms with Gasteiger partial charge in [-0.3, -0.25) is 4.79 Å². The molecule has 3 aliphatic rings. The summed E-state index contributed by atoms with van der Waals surface area (Å²) >= 11 is 1.17. The third-order valence-electron chi connectivity index (χ3n) is 8.27. The first-order valence-electron chi connectivity index (χ1n) is 13.9. The summed E-state index contributed by atoms with van der Waals surface area (Å²) in [5.74, 6) is -0.612. The van der Waals surface area contributed by atoms with Crippen LogP contribution in [-0.4, -0.2) is 93.7 Å². The number of fused-ring (bicyclic) bond motifs is 1. The largest absolute Gasteiger partial charge is 0.417 e. The summed E-state index contributed by atoms with van der Waals surface area (Å²) in [5.41, 5.74) is -1.84. The van der Waals surface area contributed by atoms with Crippen LogP contribution in [0, 0.1) is 5.82 Å². The number of aliphatic hydroxyl groups is 1. The highest BCUT2D eigenvalue weighted by molar-refractivity contribution is 7.99. The summed E-state index contributed by atoms with van der Waals surface area (Å²) in [6.45, 7) is 7.92. The molecule has 1 saturated heterocycles. The van der Waals surface area contributed by atoms with Crippen LogP contribution >= 0.6 is 11.8 Å². The van der Waals surface area contributed by atoms with Crippen molar-refractivity contribution in [2.24, 2.45) is 4.99 Å². The van der Waals surface area contributed by atoms with Crippen molar-refractivity contribution >= 4 is 40.2 Å². The Labute approximate surface area is 253 Å². The Kier molecular flexibility index (Phi) is 7.53. The molecular weight excluding hydrogens is 604 g/mol. The molecule has 0 radical (unpaired) electrons. The standard InChI is InChI=1S/C29H30F4N6O4S/c1-5-20(40)38-13(2)9-37(10-14(38)3)26-17-8-18(29(31,32)33)21(16-6-7-19(30)23-22(16)34-27(41)35-23)25-24(17)39(28(42)36-26)15(11-43-4)12-44-25/h5-8,13-15,28,42H,1,9-12H2,2-4H3,(H2,34,35,41)/t13-,14+,15-,28?/m0/s1. The summed E-state index contributed by atoms with van der Waals surface area (Å²) in [5, 5.41) is 11.4. The number of hydrogen-bond donors (Lipinski definition) is 3. The minimum Gasteiger partial charge on any atom is -0.383 e. The first-order chi connectivity index (χ1) is 20.8. The van der Waals surface area contributed by atoms with Gasteiger partial charge in [-0.15, -0.1) is 11.8 Å². The van der Waals surface area contributed by atoms with E-state index in [9.17, 15) is 19.1 Å². The number of alkyl halides is 3. The number of nitrogens with one attached hydrogen (secondary N) is 2. The van der Waals surface area contributed by atoms with Gasteiger partial charge in [0.1, 0.15) is 17.2 Å². The molecule has 3 N–H and O–H groups in total. The second kappa shape index (κ2) is 11.0. The Morgan fingerprint density at radius 2 is 1.89 bits per heavy atom. The predicted octanol–water partition coefficient (Wildman–Crippen LogP) is 3.75. The number of imidazole rings is 1. The molecule has 0 aliphatic carbocycles. The number of amides is 1. The number of halogens is 4. The number of carbonyl (C=O) groups is 1. The number of aromatic amines is 2. The van der Waals surface area contributed by atoms with Crippen molar-refractivity contribution in [1.82, 2.24) is 19.8 Å². The first kappa shape index (κ1) is 30.2. The molecular formula is C29H30F4N6O4S. The number of piperazine rings is 1. The zero-order chi connectivity index (χ0) is 31.7. The van der Waals surface area contributed by atoms with Crippen molar-refractivity contribution in [3.8, 4) is 11.1 Å². The van der Waals surface area contributed by atoms with Crippen LogP contribution < -0.4 is 10.6 Å². The molecule has 10 nitrogen and oxygen atoms in total. The van der Waals surface area contributed by atoms with Crippen LogP contribution in [0.4, 0.5) is 23.2 Å². The van der Waals surface area contributed by atoms with Crippen LogP contribution in [0.2, 0.25) is 0 Å². The van der Waals surface area contributed by atoms with Gasteiger partial charge in [0.25, 0.3) is 0 Å². The third-order valence-corrected chi connectivity index (χ3v) is 9.50. The molecule has 1 aromatic heterocycles. The van der Waals surface area contributed by atoms with Crippen LogP contribution in [0.1, 0.15) is 25.0 Å². The molecule has 0 saturated carbocycles. The highest BCUT2D eigenvalue weighted by Crippen LogP contribution is 2.53. The van der Waals surface area contributed by atoms with Gasteiger partial charge in [-0.25, -0.2) is 14.2 Å². The Bertz CT molecular complexity index is 1740. The van der Waals surface area contributed by atoms with E-state index in [1.807, 2.05) is 13.8 Å². The van der Waals surface area contributed by atoms with E-state index in [0.29, 0.717) is 5.69 Å². The zero-order valence-electron chi connectivity index (χ0n) is 24.0. The second-order valence-electron chi connectivity index (χ2n) is 11.1. The Hall–Kier alpha value is -3.82. The first-order valence-corrected chi connectivity index (χ1v) is 14.9. The number of thioether (sulfide) groups is 1. The lowest BCUT2D eigenvalue weighted by Crippen LogP contribution is -2.61. The summed E-state index contributed by atoms with van der Waals surface area (Å²) in [6, 6.07) is 2.16. The summed E-state index contributed by atoms with van der Waals surface area (Å²) in [4.78, 5) is 39.2. The molecule has 1 amide bonds. The fourth-order valence-corrected chi connectivity index (χ4v) is 7.93. The number of benzene rings is 2. The lowest BCUT2D eigenvalue weighted by molar-refractivity contribution is -0.137. The molecule has 4 atom stereocenters. The average molecular weight is 635 g/mol. The number of anilines is 1. The monoisotopic (exact) mass is 634 g/mol. The Morgan fingerprint density at radius 1 is 1.20 bits per heavy atom. The minimum absolute atomic E-state index is 0.0140. The van der Waals surface area contributed by atoms with Crippen molar-refractivity contribution in [2.45, 2.75) is 49.4 Å². The fourth-order valence-electron chi connectivity index (χ4n) is 6.60. The van der Waals surface area contributed by atoms with Crippen molar-refractivity contribution < 1.29 is 32.2 Å². The van der Waals surface area contributed by atoms with E-state index in [2.05, 4.69) is 21.5 Å². The van der Waals surface area contributed by atoms with Gasteiger partial charge in [-0.05, 0) is 38.1 Å². The fraction of sp³-hybridized carbons (Fsp3) is 0.414. The Balaban J connectivity index is 1.61. The number of aliphatic hydroxyl groups excluding tert-OH is 1. The van der Waals surface area contributed by atoms with Gasteiger partial charge in [0.05, 0.1) is 29.4 Å². The van der Waals surface area contributed by atoms with Crippen LogP contribution in [0.25, 0.3) is 22.2 Å². The maximum absolute atomic E-state index is 15.0. The van der Waals surface area contributed by atoms with Crippen molar-refractivity contribution in [2.75, 3.05) is 37.5 Å². The predicted molar refractivity (Wildman–Crippen MR) is 158 cm³/mol. The number of nitrogens with zero attached hydrogens (tertiary/aromatic N) is 4. The zero-order valence-corrected chi connectivity index (χ0v) is 24.9. The van der Waals surface area contributed by atoms with Gasteiger partial charge in [0.2, 0.25) is 12.3 Å². The van der Waals surface area contributed by atoms with E-state index in [-0.39, 0.29) is 81.9 Å². The summed E-state index contributed by atoms with van der Waals surface area (Å²) in [6.07, 6.45) is -5.07. The normalized spacial score (nSPS) is 23.5. The highest BCUT2D eigenvalue weighted by atomic mass is 32.2. The number of amidine groups is 1. The number of H-pyrrole nitrogens is 2. The van der Waals surface area contributed by atoms with Gasteiger partial charge in [0, 0.05) is 59.6 Å². The maximum atomic E-state index is 15.0. The number of hydrogen-bond acceptors (Lipinski definition) is 8. The van der Waals surface area contributed by atoms with Gasteiger partial charge in [0.15, 0.2) is 0 Å². The van der Waals surface area contributed by atoms with E-state index in [0.717, 1.165) is 12.1 Å². The number of rotatable bonds is 4. The number of methoxy groups -OCH3 is 1. The topological polar surface area (TPSA) is 117 Å². The molecule has 1 fully saturated rings. The van der Waals surface area contributed by atoms with E-state index in [4.69, 9.17) is 4.74 Å².